The fourth-order valence-electron chi connectivity index (χ4n) is 8.33. The van der Waals surface area contributed by atoms with Crippen molar-refractivity contribution in [2.45, 2.75) is 108 Å². The lowest BCUT2D eigenvalue weighted by Crippen LogP contribution is -2.53. The molecule has 5 amide bonds. The van der Waals surface area contributed by atoms with E-state index in [0.29, 0.717) is 30.5 Å². The van der Waals surface area contributed by atoms with E-state index in [1.54, 1.807) is 18.9 Å². The number of imidazole rings is 2. The standard InChI is InChI=1S/C40H55N9O5/c1-23(2)33(46-39(52)41-5)37(50)48-19-7-9-31(48)35-42-21-29(44-35)27-15-11-25(12-16-27)26-13-17-28(18-14-26)30-22-43-36(45-30)32-10-8-20-49(32)38(51)34(24(3)4)47-40(53)54-6/h11-12,15-16,21-23,26,28,31-34H,3,7-10,13-14,17-20H2,1-2,4-6H3,(H,42,44)(H,43,45)(H,47,53)(H2,41,46,52). The van der Waals surface area contributed by atoms with Gasteiger partial charge in [-0.1, -0.05) is 44.7 Å². The number of aromatic amines is 2. The Morgan fingerprint density at radius 3 is 2.02 bits per heavy atom. The Kier molecular flexibility index (Phi) is 12.1. The van der Waals surface area contributed by atoms with Crippen LogP contribution in [0.25, 0.3) is 11.3 Å². The van der Waals surface area contributed by atoms with Gasteiger partial charge in [0.25, 0.3) is 0 Å². The molecule has 0 spiro atoms. The molecule has 3 aromatic rings. The third kappa shape index (κ3) is 8.32. The first-order chi connectivity index (χ1) is 26.0. The van der Waals surface area contributed by atoms with E-state index in [4.69, 9.17) is 14.7 Å². The average Bonchev–Trinajstić information content (AvgIpc) is 4.02. The molecule has 290 valence electrons. The first-order valence-corrected chi connectivity index (χ1v) is 19.3. The first kappa shape index (κ1) is 38.6. The molecule has 4 unspecified atom stereocenters. The van der Waals surface area contributed by atoms with E-state index in [1.165, 1.54) is 12.7 Å². The molecule has 0 radical (unpaired) electrons. The number of methoxy groups -OCH3 is 1. The number of nitrogens with zero attached hydrogens (tertiary/aromatic N) is 4. The fourth-order valence-corrected chi connectivity index (χ4v) is 8.33. The van der Waals surface area contributed by atoms with E-state index >= 15 is 0 Å². The highest BCUT2D eigenvalue weighted by atomic mass is 16.5. The van der Waals surface area contributed by atoms with Gasteiger partial charge in [-0.05, 0) is 86.8 Å². The van der Waals surface area contributed by atoms with Gasteiger partial charge >= 0.3 is 12.1 Å². The second-order valence-corrected chi connectivity index (χ2v) is 15.3. The van der Waals surface area contributed by atoms with Gasteiger partial charge in [0.2, 0.25) is 11.8 Å². The van der Waals surface area contributed by atoms with Crippen molar-refractivity contribution in [3.63, 3.8) is 0 Å². The van der Waals surface area contributed by atoms with Gasteiger partial charge in [-0.2, -0.15) is 0 Å². The normalized spacial score (nSPS) is 22.5. The Balaban J connectivity index is 1.04. The molecule has 14 nitrogen and oxygen atoms in total. The lowest BCUT2D eigenvalue weighted by atomic mass is 9.77. The molecule has 1 aliphatic carbocycles. The molecule has 14 heteroatoms. The number of benzene rings is 1. The molecule has 2 aliphatic heterocycles. The predicted molar refractivity (Wildman–Crippen MR) is 204 cm³/mol. The zero-order valence-corrected chi connectivity index (χ0v) is 32.1. The van der Waals surface area contributed by atoms with Crippen molar-refractivity contribution in [3.8, 4) is 11.3 Å². The number of nitrogens with one attached hydrogen (secondary N) is 5. The van der Waals surface area contributed by atoms with E-state index in [1.807, 2.05) is 31.1 Å². The molecule has 4 atom stereocenters. The molecule has 54 heavy (non-hydrogen) atoms. The summed E-state index contributed by atoms with van der Waals surface area (Å²) in [6, 6.07) is 6.56. The van der Waals surface area contributed by atoms with Crippen LogP contribution in [0.5, 0.6) is 0 Å². The molecule has 1 aromatic carbocycles. The maximum atomic E-state index is 13.6. The average molecular weight is 742 g/mol. The molecule has 2 aromatic heterocycles. The lowest BCUT2D eigenvalue weighted by Gasteiger charge is -2.30. The van der Waals surface area contributed by atoms with Crippen molar-refractivity contribution >= 4 is 23.9 Å². The van der Waals surface area contributed by atoms with Crippen LogP contribution in [0.4, 0.5) is 9.59 Å². The number of hydrogen-bond donors (Lipinski definition) is 5. The van der Waals surface area contributed by atoms with Gasteiger partial charge < -0.3 is 40.5 Å². The topological polar surface area (TPSA) is 177 Å². The molecule has 5 N–H and O–H groups in total. The minimum absolute atomic E-state index is 0.0535. The number of ether oxygens (including phenoxy) is 1. The molecule has 1 saturated carbocycles. The molecule has 3 aliphatic rings. The lowest BCUT2D eigenvalue weighted by molar-refractivity contribution is -0.135. The summed E-state index contributed by atoms with van der Waals surface area (Å²) in [5.74, 6) is 2.06. The Labute approximate surface area is 317 Å². The van der Waals surface area contributed by atoms with Crippen molar-refractivity contribution < 1.29 is 23.9 Å². The van der Waals surface area contributed by atoms with E-state index in [-0.39, 0.29) is 35.8 Å². The maximum Gasteiger partial charge on any atom is 0.407 e. The van der Waals surface area contributed by atoms with Crippen LogP contribution in [0.2, 0.25) is 0 Å². The number of carbonyl (C=O) groups is 4. The van der Waals surface area contributed by atoms with Gasteiger partial charge in [0.05, 0.1) is 31.1 Å². The Hall–Kier alpha value is -5.14. The summed E-state index contributed by atoms with van der Waals surface area (Å²) in [4.78, 5) is 71.2. The summed E-state index contributed by atoms with van der Waals surface area (Å²) >= 11 is 0. The zero-order valence-electron chi connectivity index (χ0n) is 32.1. The number of aromatic nitrogens is 4. The summed E-state index contributed by atoms with van der Waals surface area (Å²) in [5, 5.41) is 7.98. The summed E-state index contributed by atoms with van der Waals surface area (Å²) in [5.41, 5.74) is 4.95. The highest BCUT2D eigenvalue weighted by molar-refractivity contribution is 5.89. The Morgan fingerprint density at radius 1 is 0.833 bits per heavy atom. The Bertz CT molecular complexity index is 1810. The van der Waals surface area contributed by atoms with E-state index < -0.39 is 18.2 Å². The number of urea groups is 1. The van der Waals surface area contributed by atoms with Gasteiger partial charge in [0, 0.05) is 37.9 Å². The van der Waals surface area contributed by atoms with Gasteiger partial charge in [-0.25, -0.2) is 19.6 Å². The second kappa shape index (κ2) is 16.9. The van der Waals surface area contributed by atoms with Crippen molar-refractivity contribution in [1.29, 1.82) is 0 Å². The quantitative estimate of drug-likeness (QED) is 0.154. The van der Waals surface area contributed by atoms with E-state index in [2.05, 4.69) is 56.8 Å². The molecule has 3 fully saturated rings. The summed E-state index contributed by atoms with van der Waals surface area (Å²) in [6.07, 6.45) is 10.7. The van der Waals surface area contributed by atoms with Crippen LogP contribution in [0.1, 0.15) is 119 Å². The van der Waals surface area contributed by atoms with Gasteiger partial charge in [0.15, 0.2) is 0 Å². The molecule has 2 saturated heterocycles. The van der Waals surface area contributed by atoms with Crippen molar-refractivity contribution in [2.24, 2.45) is 5.92 Å². The van der Waals surface area contributed by atoms with E-state index in [9.17, 15) is 19.2 Å². The summed E-state index contributed by atoms with van der Waals surface area (Å²) in [7, 11) is 2.82. The third-order valence-corrected chi connectivity index (χ3v) is 11.4. The number of carbonyl (C=O) groups excluding carboxylic acids is 4. The number of H-pyrrole nitrogens is 2. The first-order valence-electron chi connectivity index (χ1n) is 19.3. The third-order valence-electron chi connectivity index (χ3n) is 11.4. The maximum absolute atomic E-state index is 13.6. The van der Waals surface area contributed by atoms with Crippen LogP contribution in [0.3, 0.4) is 0 Å². The fraction of sp³-hybridized carbons (Fsp3) is 0.550. The Morgan fingerprint density at radius 2 is 1.43 bits per heavy atom. The van der Waals surface area contributed by atoms with Crippen LogP contribution in [-0.4, -0.2) is 93.0 Å². The van der Waals surface area contributed by atoms with Gasteiger partial charge in [-0.3, -0.25) is 9.59 Å². The number of hydrogen-bond acceptors (Lipinski definition) is 7. The van der Waals surface area contributed by atoms with Crippen molar-refractivity contribution in [3.05, 3.63) is 71.7 Å². The largest absolute Gasteiger partial charge is 0.453 e. The smallest absolute Gasteiger partial charge is 0.407 e. The van der Waals surface area contributed by atoms with Gasteiger partial charge in [0.1, 0.15) is 23.7 Å². The predicted octanol–water partition coefficient (Wildman–Crippen LogP) is 5.82. The SMILES string of the molecule is C=C(C)C(NC(=O)OC)C(=O)N1CCCC1c1ncc(C2CCC(c3ccc(-c4cnc(C5CCCN5C(=O)C(NC(=O)NC)C(C)C)[nH]4)cc3)CC2)[nH]1. The molecule has 6 rings (SSSR count). The minimum atomic E-state index is -0.850. The summed E-state index contributed by atoms with van der Waals surface area (Å²) < 4.78 is 4.73. The van der Waals surface area contributed by atoms with Crippen molar-refractivity contribution in [2.75, 3.05) is 27.2 Å². The monoisotopic (exact) mass is 741 g/mol. The number of amides is 5. The zero-order chi connectivity index (χ0) is 38.5. The van der Waals surface area contributed by atoms with Crippen LogP contribution in [0.15, 0.2) is 48.8 Å². The molecular formula is C40H55N9O5. The van der Waals surface area contributed by atoms with Crippen molar-refractivity contribution in [1.82, 2.24) is 45.7 Å². The molecule has 4 heterocycles. The highest BCUT2D eigenvalue weighted by Gasteiger charge is 2.39. The summed E-state index contributed by atoms with van der Waals surface area (Å²) in [6.45, 7) is 10.7. The van der Waals surface area contributed by atoms with Crippen LogP contribution in [-0.2, 0) is 14.3 Å². The van der Waals surface area contributed by atoms with Crippen LogP contribution in [0, 0.1) is 5.92 Å². The van der Waals surface area contributed by atoms with Gasteiger partial charge in [-0.15, -0.1) is 0 Å². The van der Waals surface area contributed by atoms with E-state index in [0.717, 1.165) is 80.0 Å². The number of rotatable bonds is 11. The number of likely N-dealkylation sites (tertiary alicyclic amines) is 2. The second-order valence-electron chi connectivity index (χ2n) is 15.3. The molecule has 0 bridgehead atoms. The van der Waals surface area contributed by atoms with Crippen LogP contribution >= 0.6 is 0 Å². The number of alkyl carbamates (subject to hydrolysis) is 1. The highest BCUT2D eigenvalue weighted by Crippen LogP contribution is 2.41. The van der Waals surface area contributed by atoms with Crippen LogP contribution < -0.4 is 16.0 Å². The molecular weight excluding hydrogens is 686 g/mol. The minimum Gasteiger partial charge on any atom is -0.453 e.